The van der Waals surface area contributed by atoms with Gasteiger partial charge in [0.2, 0.25) is 0 Å². The topological polar surface area (TPSA) is 66.7 Å². The van der Waals surface area contributed by atoms with Gasteiger partial charge in [-0.3, -0.25) is 0 Å². The van der Waals surface area contributed by atoms with E-state index < -0.39 is 0 Å². The molecule has 0 spiro atoms. The number of ether oxygens (including phenoxy) is 2. The normalized spacial score (nSPS) is 18.4. The molecule has 4 aromatic rings. The molecule has 0 N–H and O–H groups in total. The van der Waals surface area contributed by atoms with Crippen LogP contribution in [0, 0.1) is 0 Å². The summed E-state index contributed by atoms with van der Waals surface area (Å²) >= 11 is 0. The molecule has 0 bridgehead atoms. The molecule has 200 valence electrons. The molecule has 2 heterocycles. The molecule has 0 fully saturated rings. The molecule has 0 aliphatic carbocycles. The van der Waals surface area contributed by atoms with Crippen molar-refractivity contribution in [1.82, 2.24) is 10.0 Å². The van der Waals surface area contributed by atoms with E-state index in [1.807, 2.05) is 109 Å². The van der Waals surface area contributed by atoms with Gasteiger partial charge in [0.15, 0.2) is 0 Å². The van der Waals surface area contributed by atoms with Crippen LogP contribution in [0.2, 0.25) is 0 Å². The highest BCUT2D eigenvalue weighted by Gasteiger charge is 2.41. The molecule has 40 heavy (non-hydrogen) atoms. The predicted molar refractivity (Wildman–Crippen MR) is 156 cm³/mol. The molecular weight excluding hydrogens is 500 g/mol. The van der Waals surface area contributed by atoms with Crippen LogP contribution < -0.4 is 9.47 Å². The molecule has 0 saturated heterocycles. The fourth-order valence-corrected chi connectivity index (χ4v) is 5.26. The summed E-state index contributed by atoms with van der Waals surface area (Å²) in [5.41, 5.74) is 5.69. The van der Waals surface area contributed by atoms with Crippen LogP contribution in [0.25, 0.3) is 0 Å². The Balaban J connectivity index is 1.40. The predicted octanol–water partition coefficient (Wildman–Crippen LogP) is 6.83. The largest absolute Gasteiger partial charge is 0.497 e. The van der Waals surface area contributed by atoms with Crippen molar-refractivity contribution >= 4 is 17.5 Å². The number of methoxy groups -OCH3 is 2. The van der Waals surface area contributed by atoms with E-state index in [1.165, 1.54) is 0 Å². The van der Waals surface area contributed by atoms with Gasteiger partial charge in [-0.15, -0.1) is 0 Å². The minimum absolute atomic E-state index is 0.265. The Hall–Kier alpha value is -4.91. The number of rotatable bonds is 6. The Kier molecular flexibility index (Phi) is 7.02. The molecule has 2 aliphatic heterocycles. The average molecular weight is 531 g/mol. The first-order valence-corrected chi connectivity index (χ1v) is 13.3. The van der Waals surface area contributed by atoms with Crippen molar-refractivity contribution < 1.29 is 14.3 Å². The zero-order chi connectivity index (χ0) is 27.5. The summed E-state index contributed by atoms with van der Waals surface area (Å²) in [5.74, 6) is 1.53. The monoisotopic (exact) mass is 530 g/mol. The average Bonchev–Trinajstić information content (AvgIpc) is 3.68. The second kappa shape index (κ2) is 11.1. The number of benzene rings is 4. The fourth-order valence-electron chi connectivity index (χ4n) is 5.26. The maximum atomic E-state index is 14.4. The molecule has 2 unspecified atom stereocenters. The van der Waals surface area contributed by atoms with Gasteiger partial charge in [0.1, 0.15) is 11.5 Å². The lowest BCUT2D eigenvalue weighted by Gasteiger charge is -2.29. The van der Waals surface area contributed by atoms with Gasteiger partial charge in [-0.1, -0.05) is 84.9 Å². The zero-order valence-electron chi connectivity index (χ0n) is 22.5. The molecule has 0 saturated carbocycles. The van der Waals surface area contributed by atoms with Crippen LogP contribution in [0.15, 0.2) is 119 Å². The summed E-state index contributed by atoms with van der Waals surface area (Å²) in [5, 5.41) is 13.0. The fraction of sp³-hybridized carbons (Fsp3) is 0.182. The first-order chi connectivity index (χ1) is 19.6. The van der Waals surface area contributed by atoms with Crippen LogP contribution in [0.5, 0.6) is 11.5 Å². The molecule has 2 amide bonds. The summed E-state index contributed by atoms with van der Waals surface area (Å²) in [6.45, 7) is 0. The van der Waals surface area contributed by atoms with Crippen molar-refractivity contribution in [3.63, 3.8) is 0 Å². The number of hydrogen-bond acceptors (Lipinski definition) is 5. The first-order valence-electron chi connectivity index (χ1n) is 13.3. The van der Waals surface area contributed by atoms with Crippen molar-refractivity contribution in [3.8, 4) is 11.5 Å². The summed E-state index contributed by atoms with van der Waals surface area (Å²) < 4.78 is 10.7. The second-order valence-electron chi connectivity index (χ2n) is 9.78. The molecule has 7 heteroatoms. The highest BCUT2D eigenvalue weighted by molar-refractivity contribution is 6.05. The van der Waals surface area contributed by atoms with E-state index in [1.54, 1.807) is 24.2 Å². The van der Waals surface area contributed by atoms with E-state index in [-0.39, 0.29) is 18.1 Å². The van der Waals surface area contributed by atoms with Crippen molar-refractivity contribution in [3.05, 3.63) is 131 Å². The van der Waals surface area contributed by atoms with Crippen LogP contribution in [0.3, 0.4) is 0 Å². The lowest BCUT2D eigenvalue weighted by molar-refractivity contribution is 0.132. The second-order valence-corrected chi connectivity index (χ2v) is 9.78. The van der Waals surface area contributed by atoms with Gasteiger partial charge in [0, 0.05) is 12.8 Å². The van der Waals surface area contributed by atoms with Crippen molar-refractivity contribution in [2.24, 2.45) is 10.2 Å². The summed E-state index contributed by atoms with van der Waals surface area (Å²) in [6, 6.07) is 34.9. The third-order valence-electron chi connectivity index (χ3n) is 7.43. The quantitative estimate of drug-likeness (QED) is 0.275. The molecule has 6 rings (SSSR count). The number of amides is 2. The van der Waals surface area contributed by atoms with Crippen molar-refractivity contribution in [1.29, 1.82) is 0 Å². The molecule has 4 aromatic carbocycles. The number of carbonyl (C=O) groups excluding carboxylic acids is 1. The molecule has 7 nitrogen and oxygen atoms in total. The SMILES string of the molecule is COc1ccc(C2CC(c3ccccc3)=NN2C(=O)N2N=C(c3ccccc3)CC2c2ccc(OC)cc2)cc1. The van der Waals surface area contributed by atoms with Gasteiger partial charge in [-0.2, -0.15) is 10.2 Å². The highest BCUT2D eigenvalue weighted by Crippen LogP contribution is 2.39. The van der Waals surface area contributed by atoms with Gasteiger partial charge in [0.05, 0.1) is 37.7 Å². The zero-order valence-corrected chi connectivity index (χ0v) is 22.5. The lowest BCUT2D eigenvalue weighted by Crippen LogP contribution is -2.38. The van der Waals surface area contributed by atoms with E-state index in [4.69, 9.17) is 19.7 Å². The smallest absolute Gasteiger partial charge is 0.362 e. The Morgan fingerprint density at radius 3 is 1.32 bits per heavy atom. The first kappa shape index (κ1) is 25.4. The minimum Gasteiger partial charge on any atom is -0.497 e. The van der Waals surface area contributed by atoms with E-state index >= 15 is 0 Å². The third kappa shape index (κ3) is 4.94. The Morgan fingerprint density at radius 1 is 0.600 bits per heavy atom. The van der Waals surface area contributed by atoms with E-state index in [2.05, 4.69) is 0 Å². The lowest BCUT2D eigenvalue weighted by atomic mass is 9.98. The summed E-state index contributed by atoms with van der Waals surface area (Å²) in [6.07, 6.45) is 1.19. The number of urea groups is 1. The van der Waals surface area contributed by atoms with E-state index in [9.17, 15) is 4.79 Å². The van der Waals surface area contributed by atoms with Crippen molar-refractivity contribution in [2.75, 3.05) is 14.2 Å². The summed E-state index contributed by atoms with van der Waals surface area (Å²) in [7, 11) is 3.29. The number of nitrogens with zero attached hydrogens (tertiary/aromatic N) is 4. The maximum Gasteiger partial charge on any atom is 0.362 e. The van der Waals surface area contributed by atoms with Crippen LogP contribution in [0.4, 0.5) is 4.79 Å². The van der Waals surface area contributed by atoms with Gasteiger partial charge >= 0.3 is 6.03 Å². The van der Waals surface area contributed by atoms with E-state index in [0.29, 0.717) is 12.8 Å². The third-order valence-corrected chi connectivity index (χ3v) is 7.43. The molecule has 2 atom stereocenters. The Morgan fingerprint density at radius 2 is 0.975 bits per heavy atom. The standard InChI is InChI=1S/C33H30N4O3/c1-39-27-17-13-25(14-18-27)31-21-29(23-9-5-3-6-10-23)34-36(31)33(38)37-32(26-15-19-28(40-2)20-16-26)22-30(35-37)24-11-7-4-8-12-24/h3-20,31-32H,21-22H2,1-2H3. The molecular formula is C33H30N4O3. The summed E-state index contributed by atoms with van der Waals surface area (Å²) in [4.78, 5) is 14.4. The number of hydrazone groups is 2. The molecule has 0 radical (unpaired) electrons. The maximum absolute atomic E-state index is 14.4. The molecule has 2 aliphatic rings. The molecule has 0 aromatic heterocycles. The van der Waals surface area contributed by atoms with Crippen LogP contribution in [-0.4, -0.2) is 41.7 Å². The van der Waals surface area contributed by atoms with Gasteiger partial charge in [-0.05, 0) is 46.5 Å². The van der Waals surface area contributed by atoms with Gasteiger partial charge in [0.25, 0.3) is 0 Å². The van der Waals surface area contributed by atoms with Crippen LogP contribution >= 0.6 is 0 Å². The highest BCUT2D eigenvalue weighted by atomic mass is 16.5. The minimum atomic E-state index is -0.277. The van der Waals surface area contributed by atoms with Gasteiger partial charge in [-0.25, -0.2) is 14.8 Å². The Labute approximate surface area is 234 Å². The number of hydrogen-bond donors (Lipinski definition) is 0. The van der Waals surface area contributed by atoms with Crippen LogP contribution in [0.1, 0.15) is 47.2 Å². The van der Waals surface area contributed by atoms with E-state index in [0.717, 1.165) is 45.2 Å². The van der Waals surface area contributed by atoms with Crippen molar-refractivity contribution in [2.45, 2.75) is 24.9 Å². The Bertz CT molecular complexity index is 1420. The van der Waals surface area contributed by atoms with Crippen LogP contribution in [-0.2, 0) is 0 Å². The number of carbonyl (C=O) groups is 1. The van der Waals surface area contributed by atoms with Gasteiger partial charge < -0.3 is 9.47 Å².